The summed E-state index contributed by atoms with van der Waals surface area (Å²) in [5.74, 6) is 0.427. The molecule has 0 N–H and O–H groups in total. The monoisotopic (exact) mass is 414 g/mol. The Kier molecular flexibility index (Phi) is 6.06. The molecule has 3 aromatic rings. The van der Waals surface area contributed by atoms with Crippen molar-refractivity contribution in [1.29, 1.82) is 0 Å². The molecule has 0 aliphatic carbocycles. The van der Waals surface area contributed by atoms with Gasteiger partial charge in [0.25, 0.3) is 0 Å². The maximum Gasteiger partial charge on any atom is 0.233 e. The summed E-state index contributed by atoms with van der Waals surface area (Å²) in [6.45, 7) is 3.71. The number of hydrogen-bond acceptors (Lipinski definition) is 5. The fourth-order valence-electron chi connectivity index (χ4n) is 3.42. The topological polar surface area (TPSA) is 51.7 Å². The Hall–Kier alpha value is -2.51. The third kappa shape index (κ3) is 4.74. The number of anilines is 1. The summed E-state index contributed by atoms with van der Waals surface area (Å²) < 4.78 is 25.5. The van der Waals surface area contributed by atoms with Crippen molar-refractivity contribution in [3.8, 4) is 5.75 Å². The van der Waals surface area contributed by atoms with Gasteiger partial charge in [0.05, 0.1) is 35.9 Å². The molecule has 1 fully saturated rings. The largest absolute Gasteiger partial charge is 0.494 e. The van der Waals surface area contributed by atoms with E-state index in [0.717, 1.165) is 35.5 Å². The van der Waals surface area contributed by atoms with Crippen molar-refractivity contribution in [2.45, 2.75) is 32.3 Å². The normalized spacial score (nSPS) is 16.3. The maximum absolute atomic E-state index is 13.6. The van der Waals surface area contributed by atoms with Crippen LogP contribution in [0.3, 0.4) is 0 Å². The van der Waals surface area contributed by atoms with Gasteiger partial charge in [0.15, 0.2) is 5.13 Å². The minimum Gasteiger partial charge on any atom is -0.494 e. The number of carbonyl (C=O) groups is 1. The second-order valence-electron chi connectivity index (χ2n) is 7.00. The van der Waals surface area contributed by atoms with Gasteiger partial charge in [-0.25, -0.2) is 9.37 Å². The number of halogens is 1. The van der Waals surface area contributed by atoms with Gasteiger partial charge in [-0.05, 0) is 55.7 Å². The van der Waals surface area contributed by atoms with E-state index in [1.165, 1.54) is 23.5 Å². The predicted octanol–water partition coefficient (Wildman–Crippen LogP) is 4.59. The zero-order valence-corrected chi connectivity index (χ0v) is 17.1. The second-order valence-corrected chi connectivity index (χ2v) is 8.01. The van der Waals surface area contributed by atoms with Gasteiger partial charge in [-0.1, -0.05) is 23.5 Å². The number of benzene rings is 2. The molecule has 5 nitrogen and oxygen atoms in total. The first-order valence-corrected chi connectivity index (χ1v) is 10.6. The van der Waals surface area contributed by atoms with Gasteiger partial charge in [-0.15, -0.1) is 0 Å². The van der Waals surface area contributed by atoms with Crippen molar-refractivity contribution >= 4 is 32.6 Å². The van der Waals surface area contributed by atoms with Crippen LogP contribution in [-0.4, -0.2) is 36.8 Å². The van der Waals surface area contributed by atoms with Crippen molar-refractivity contribution < 1.29 is 18.7 Å². The zero-order chi connectivity index (χ0) is 20.2. The molecule has 152 valence electrons. The average Bonchev–Trinajstić information content (AvgIpc) is 3.36. The van der Waals surface area contributed by atoms with E-state index in [2.05, 4.69) is 4.98 Å². The highest BCUT2D eigenvalue weighted by atomic mass is 32.1. The van der Waals surface area contributed by atoms with Gasteiger partial charge in [0.1, 0.15) is 11.6 Å². The number of fused-ring (bicyclic) bond motifs is 1. The second kappa shape index (κ2) is 8.88. The Bertz CT molecular complexity index is 983. The van der Waals surface area contributed by atoms with E-state index < -0.39 is 0 Å². The fraction of sp³-hybridized carbons (Fsp3) is 0.364. The molecule has 1 amide bonds. The number of aromatic nitrogens is 1. The average molecular weight is 415 g/mol. The lowest BCUT2D eigenvalue weighted by molar-refractivity contribution is -0.118. The van der Waals surface area contributed by atoms with Gasteiger partial charge in [-0.2, -0.15) is 0 Å². The number of amides is 1. The molecule has 1 aromatic heterocycles. The lowest BCUT2D eigenvalue weighted by atomic mass is 10.1. The van der Waals surface area contributed by atoms with Gasteiger partial charge >= 0.3 is 0 Å². The van der Waals surface area contributed by atoms with Crippen LogP contribution in [0.25, 0.3) is 10.2 Å². The number of rotatable bonds is 7. The van der Waals surface area contributed by atoms with Crippen molar-refractivity contribution in [2.75, 3.05) is 24.7 Å². The van der Waals surface area contributed by atoms with Crippen LogP contribution in [-0.2, 0) is 16.0 Å². The molecule has 0 radical (unpaired) electrons. The summed E-state index contributed by atoms with van der Waals surface area (Å²) in [7, 11) is 0. The van der Waals surface area contributed by atoms with Crippen molar-refractivity contribution in [2.24, 2.45) is 0 Å². The lowest BCUT2D eigenvalue weighted by Crippen LogP contribution is -2.38. The highest BCUT2D eigenvalue weighted by molar-refractivity contribution is 7.22. The standard InChI is InChI=1S/C22H23FN2O3S/c1-2-27-17-8-5-15(6-9-17)12-21(26)25(14-18-4-3-11-28-18)22-24-19-10-7-16(23)13-20(19)29-22/h5-10,13,18H,2-4,11-12,14H2,1H3/t18-/m0/s1. The summed E-state index contributed by atoms with van der Waals surface area (Å²) in [6.07, 6.45) is 2.18. The quantitative estimate of drug-likeness (QED) is 0.568. The highest BCUT2D eigenvalue weighted by Crippen LogP contribution is 2.31. The third-order valence-electron chi connectivity index (χ3n) is 4.87. The molecule has 0 bridgehead atoms. The lowest BCUT2D eigenvalue weighted by Gasteiger charge is -2.23. The maximum atomic E-state index is 13.6. The highest BCUT2D eigenvalue weighted by Gasteiger charge is 2.26. The van der Waals surface area contributed by atoms with Gasteiger partial charge in [-0.3, -0.25) is 9.69 Å². The Morgan fingerprint density at radius 3 is 2.86 bits per heavy atom. The summed E-state index contributed by atoms with van der Waals surface area (Å²) in [4.78, 5) is 19.5. The molecule has 1 aliphatic rings. The van der Waals surface area contributed by atoms with Crippen LogP contribution >= 0.6 is 11.3 Å². The molecule has 2 aromatic carbocycles. The fourth-order valence-corrected chi connectivity index (χ4v) is 4.44. The number of ether oxygens (including phenoxy) is 2. The number of carbonyl (C=O) groups excluding carboxylic acids is 1. The molecule has 7 heteroatoms. The van der Waals surface area contributed by atoms with Crippen LogP contribution in [0.1, 0.15) is 25.3 Å². The molecule has 2 heterocycles. The van der Waals surface area contributed by atoms with E-state index in [1.54, 1.807) is 11.0 Å². The predicted molar refractivity (Wildman–Crippen MR) is 112 cm³/mol. The van der Waals surface area contributed by atoms with E-state index >= 15 is 0 Å². The van der Waals surface area contributed by atoms with Crippen LogP contribution in [0.2, 0.25) is 0 Å². The summed E-state index contributed by atoms with van der Waals surface area (Å²) >= 11 is 1.33. The van der Waals surface area contributed by atoms with Gasteiger partial charge in [0.2, 0.25) is 5.91 Å². The van der Waals surface area contributed by atoms with Crippen LogP contribution in [0.4, 0.5) is 9.52 Å². The Morgan fingerprint density at radius 1 is 1.31 bits per heavy atom. The smallest absolute Gasteiger partial charge is 0.233 e. The molecule has 0 saturated carbocycles. The molecular formula is C22H23FN2O3S. The molecule has 1 aliphatic heterocycles. The summed E-state index contributed by atoms with van der Waals surface area (Å²) in [5.41, 5.74) is 1.60. The first kappa shape index (κ1) is 19.8. The number of thiazole rings is 1. The molecule has 4 rings (SSSR count). The molecule has 0 unspecified atom stereocenters. The van der Waals surface area contributed by atoms with Crippen LogP contribution < -0.4 is 9.64 Å². The van der Waals surface area contributed by atoms with Crippen molar-refractivity contribution in [1.82, 2.24) is 4.98 Å². The van der Waals surface area contributed by atoms with E-state index in [-0.39, 0.29) is 24.2 Å². The Morgan fingerprint density at radius 2 is 2.14 bits per heavy atom. The Labute approximate surface area is 173 Å². The van der Waals surface area contributed by atoms with Crippen molar-refractivity contribution in [3.05, 3.63) is 53.8 Å². The van der Waals surface area contributed by atoms with E-state index in [0.29, 0.717) is 23.8 Å². The summed E-state index contributed by atoms with van der Waals surface area (Å²) in [5, 5.41) is 0.581. The third-order valence-corrected chi connectivity index (χ3v) is 5.91. The summed E-state index contributed by atoms with van der Waals surface area (Å²) in [6, 6.07) is 12.0. The molecule has 1 saturated heterocycles. The van der Waals surface area contributed by atoms with Crippen LogP contribution in [0, 0.1) is 5.82 Å². The minimum absolute atomic E-state index is 0.00280. The first-order valence-electron chi connectivity index (χ1n) is 9.82. The molecular weight excluding hydrogens is 391 g/mol. The Balaban J connectivity index is 1.57. The van der Waals surface area contributed by atoms with E-state index in [9.17, 15) is 9.18 Å². The van der Waals surface area contributed by atoms with Gasteiger partial charge in [0, 0.05) is 6.61 Å². The molecule has 29 heavy (non-hydrogen) atoms. The number of nitrogens with zero attached hydrogens (tertiary/aromatic N) is 2. The molecule has 0 spiro atoms. The van der Waals surface area contributed by atoms with Crippen molar-refractivity contribution in [3.63, 3.8) is 0 Å². The van der Waals surface area contributed by atoms with E-state index in [1.807, 2.05) is 31.2 Å². The van der Waals surface area contributed by atoms with Gasteiger partial charge < -0.3 is 9.47 Å². The first-order chi connectivity index (χ1) is 14.1. The van der Waals surface area contributed by atoms with Crippen LogP contribution in [0.15, 0.2) is 42.5 Å². The SMILES string of the molecule is CCOc1ccc(CC(=O)N(C[C@@H]2CCCO2)c2nc3ccc(F)cc3s2)cc1. The minimum atomic E-state index is -0.306. The molecule has 1 atom stereocenters. The van der Waals surface area contributed by atoms with Crippen LogP contribution in [0.5, 0.6) is 5.75 Å². The number of hydrogen-bond donors (Lipinski definition) is 0. The zero-order valence-electron chi connectivity index (χ0n) is 16.3. The van der Waals surface area contributed by atoms with E-state index in [4.69, 9.17) is 9.47 Å².